The standard InChI is InChI=1S/C12H13FO4S/c1-2-18(16,17)11-9(10(11)12(14)15)7-4-3-5-8(13)6-7/h3-6,9-11H,2H2,1H3,(H,14,15)/t9-,10+,11-/m0/s1. The second-order valence-corrected chi connectivity index (χ2v) is 6.81. The molecule has 0 spiro atoms. The maximum absolute atomic E-state index is 13.1. The fraction of sp³-hybridized carbons (Fsp3) is 0.417. The predicted octanol–water partition coefficient (Wildman–Crippen LogP) is 1.43. The third-order valence-corrected chi connectivity index (χ3v) is 5.51. The first-order valence-electron chi connectivity index (χ1n) is 5.58. The van der Waals surface area contributed by atoms with E-state index in [2.05, 4.69) is 0 Å². The molecule has 0 saturated heterocycles. The van der Waals surface area contributed by atoms with E-state index in [-0.39, 0.29) is 5.75 Å². The lowest BCUT2D eigenvalue weighted by molar-refractivity contribution is -0.138. The van der Waals surface area contributed by atoms with E-state index in [1.54, 1.807) is 6.07 Å². The van der Waals surface area contributed by atoms with Gasteiger partial charge < -0.3 is 5.11 Å². The van der Waals surface area contributed by atoms with Gasteiger partial charge in [0.1, 0.15) is 5.82 Å². The number of hydrogen-bond donors (Lipinski definition) is 1. The Morgan fingerprint density at radius 1 is 1.44 bits per heavy atom. The first-order valence-corrected chi connectivity index (χ1v) is 7.30. The number of carbonyl (C=O) groups is 1. The SMILES string of the molecule is CCS(=O)(=O)[C@@H]1[C@H](C(=O)O)[C@@H]1c1cccc(F)c1. The number of hydrogen-bond acceptors (Lipinski definition) is 3. The summed E-state index contributed by atoms with van der Waals surface area (Å²) in [5.74, 6) is -3.34. The molecule has 4 nitrogen and oxygen atoms in total. The van der Waals surface area contributed by atoms with Gasteiger partial charge in [0.2, 0.25) is 0 Å². The van der Waals surface area contributed by atoms with E-state index in [4.69, 9.17) is 5.11 Å². The van der Waals surface area contributed by atoms with Crippen LogP contribution in [0.3, 0.4) is 0 Å². The zero-order valence-corrected chi connectivity index (χ0v) is 10.5. The lowest BCUT2D eigenvalue weighted by Gasteiger charge is -2.00. The second kappa shape index (κ2) is 4.35. The summed E-state index contributed by atoms with van der Waals surface area (Å²) < 4.78 is 36.7. The summed E-state index contributed by atoms with van der Waals surface area (Å²) in [6.45, 7) is 1.48. The van der Waals surface area contributed by atoms with Crippen molar-refractivity contribution < 1.29 is 22.7 Å². The molecule has 1 aliphatic carbocycles. The second-order valence-electron chi connectivity index (χ2n) is 4.36. The number of aliphatic carboxylic acids is 1. The zero-order valence-electron chi connectivity index (χ0n) is 9.71. The van der Waals surface area contributed by atoms with Crippen LogP contribution in [-0.4, -0.2) is 30.5 Å². The van der Waals surface area contributed by atoms with Crippen LogP contribution in [0.1, 0.15) is 18.4 Å². The third kappa shape index (κ3) is 2.12. The molecule has 1 N–H and O–H groups in total. The van der Waals surface area contributed by atoms with Gasteiger partial charge in [-0.25, -0.2) is 12.8 Å². The molecular weight excluding hydrogens is 259 g/mol. The van der Waals surface area contributed by atoms with E-state index in [1.165, 1.54) is 25.1 Å². The van der Waals surface area contributed by atoms with Gasteiger partial charge in [0, 0.05) is 11.7 Å². The van der Waals surface area contributed by atoms with Crippen LogP contribution in [0.4, 0.5) is 4.39 Å². The fourth-order valence-electron chi connectivity index (χ4n) is 2.33. The zero-order chi connectivity index (χ0) is 13.5. The van der Waals surface area contributed by atoms with Crippen LogP contribution >= 0.6 is 0 Å². The monoisotopic (exact) mass is 272 g/mol. The topological polar surface area (TPSA) is 71.4 Å². The van der Waals surface area contributed by atoms with Crippen molar-refractivity contribution in [3.8, 4) is 0 Å². The Morgan fingerprint density at radius 3 is 2.61 bits per heavy atom. The van der Waals surface area contributed by atoms with Crippen molar-refractivity contribution in [2.45, 2.75) is 18.1 Å². The lowest BCUT2D eigenvalue weighted by atomic mass is 10.1. The first-order chi connectivity index (χ1) is 8.38. The number of carboxylic acids is 1. The Labute approximate surface area is 104 Å². The van der Waals surface area contributed by atoms with E-state index in [0.717, 1.165) is 0 Å². The van der Waals surface area contributed by atoms with E-state index >= 15 is 0 Å². The van der Waals surface area contributed by atoms with Gasteiger partial charge in [0.15, 0.2) is 9.84 Å². The van der Waals surface area contributed by atoms with Crippen molar-refractivity contribution in [2.24, 2.45) is 5.92 Å². The van der Waals surface area contributed by atoms with E-state index < -0.39 is 38.7 Å². The summed E-state index contributed by atoms with van der Waals surface area (Å²) in [5, 5.41) is 8.10. The molecule has 0 heterocycles. The smallest absolute Gasteiger partial charge is 0.308 e. The molecule has 0 amide bonds. The Balaban J connectivity index is 2.37. The van der Waals surface area contributed by atoms with Crippen molar-refractivity contribution in [3.63, 3.8) is 0 Å². The molecule has 0 aromatic heterocycles. The average Bonchev–Trinajstić information content (AvgIpc) is 3.05. The van der Waals surface area contributed by atoms with E-state index in [1.807, 2.05) is 0 Å². The van der Waals surface area contributed by atoms with Gasteiger partial charge in [-0.2, -0.15) is 0 Å². The molecule has 3 atom stereocenters. The summed E-state index contributed by atoms with van der Waals surface area (Å²) in [5.41, 5.74) is 0.435. The van der Waals surface area contributed by atoms with Crippen molar-refractivity contribution in [1.82, 2.24) is 0 Å². The Hall–Kier alpha value is -1.43. The Morgan fingerprint density at radius 2 is 2.11 bits per heavy atom. The summed E-state index contributed by atoms with van der Waals surface area (Å²) in [6.07, 6.45) is 0. The molecule has 1 saturated carbocycles. The average molecular weight is 272 g/mol. The highest BCUT2D eigenvalue weighted by molar-refractivity contribution is 7.92. The minimum atomic E-state index is -3.43. The van der Waals surface area contributed by atoms with Crippen molar-refractivity contribution in [3.05, 3.63) is 35.6 Å². The molecular formula is C12H13FO4S. The van der Waals surface area contributed by atoms with Crippen molar-refractivity contribution >= 4 is 15.8 Å². The third-order valence-electron chi connectivity index (χ3n) is 3.29. The van der Waals surface area contributed by atoms with Crippen molar-refractivity contribution in [2.75, 3.05) is 5.75 Å². The molecule has 1 aromatic carbocycles. The van der Waals surface area contributed by atoms with Crippen LogP contribution < -0.4 is 0 Å². The number of carboxylic acid groups (broad SMARTS) is 1. The summed E-state index contributed by atoms with van der Waals surface area (Å²) in [7, 11) is -3.43. The van der Waals surface area contributed by atoms with Gasteiger partial charge in [0.05, 0.1) is 11.2 Å². The van der Waals surface area contributed by atoms with Crippen LogP contribution in [-0.2, 0) is 14.6 Å². The molecule has 98 valence electrons. The fourth-order valence-corrected chi connectivity index (χ4v) is 4.13. The Kier molecular flexibility index (Phi) is 3.14. The van der Waals surface area contributed by atoms with Gasteiger partial charge >= 0.3 is 5.97 Å². The van der Waals surface area contributed by atoms with Gasteiger partial charge in [0.25, 0.3) is 0 Å². The number of benzene rings is 1. The van der Waals surface area contributed by atoms with Crippen molar-refractivity contribution in [1.29, 1.82) is 0 Å². The molecule has 0 bridgehead atoms. The van der Waals surface area contributed by atoms with Crippen LogP contribution in [0.2, 0.25) is 0 Å². The predicted molar refractivity (Wildman–Crippen MR) is 63.5 cm³/mol. The molecule has 1 fully saturated rings. The van der Waals surface area contributed by atoms with Crippen LogP contribution in [0, 0.1) is 11.7 Å². The van der Waals surface area contributed by atoms with E-state index in [0.29, 0.717) is 5.56 Å². The lowest BCUT2D eigenvalue weighted by Crippen LogP contribution is -2.14. The molecule has 0 unspecified atom stereocenters. The minimum Gasteiger partial charge on any atom is -0.481 e. The normalized spacial score (nSPS) is 26.9. The summed E-state index contributed by atoms with van der Waals surface area (Å²) >= 11 is 0. The maximum atomic E-state index is 13.1. The number of rotatable bonds is 4. The van der Waals surface area contributed by atoms with Gasteiger partial charge in [-0.3, -0.25) is 4.79 Å². The van der Waals surface area contributed by atoms with Gasteiger partial charge in [-0.15, -0.1) is 0 Å². The van der Waals surface area contributed by atoms with Crippen LogP contribution in [0.25, 0.3) is 0 Å². The molecule has 18 heavy (non-hydrogen) atoms. The highest BCUT2D eigenvalue weighted by Gasteiger charge is 2.62. The maximum Gasteiger partial charge on any atom is 0.308 e. The minimum absolute atomic E-state index is 0.104. The van der Waals surface area contributed by atoms with E-state index in [9.17, 15) is 17.6 Å². The first kappa shape index (κ1) is 13.0. The summed E-state index contributed by atoms with van der Waals surface area (Å²) in [6, 6.07) is 5.46. The molecule has 6 heteroatoms. The molecule has 1 aliphatic rings. The number of halogens is 1. The summed E-state index contributed by atoms with van der Waals surface area (Å²) in [4.78, 5) is 11.0. The molecule has 0 aliphatic heterocycles. The number of sulfone groups is 1. The van der Waals surface area contributed by atoms with Gasteiger partial charge in [-0.1, -0.05) is 19.1 Å². The molecule has 0 radical (unpaired) electrons. The highest BCUT2D eigenvalue weighted by atomic mass is 32.2. The highest BCUT2D eigenvalue weighted by Crippen LogP contribution is 2.52. The van der Waals surface area contributed by atoms with Gasteiger partial charge in [-0.05, 0) is 17.7 Å². The quantitative estimate of drug-likeness (QED) is 0.900. The molecule has 2 rings (SSSR count). The molecule has 1 aromatic rings. The van der Waals surface area contributed by atoms with Crippen LogP contribution in [0.15, 0.2) is 24.3 Å². The Bertz CT molecular complexity index is 581. The van der Waals surface area contributed by atoms with Crippen LogP contribution in [0.5, 0.6) is 0 Å². The largest absolute Gasteiger partial charge is 0.481 e.